The minimum atomic E-state index is -0.359. The number of ether oxygens (including phenoxy) is 1. The van der Waals surface area contributed by atoms with Crippen molar-refractivity contribution in [2.45, 2.75) is 19.4 Å². The highest BCUT2D eigenvalue weighted by Crippen LogP contribution is 2.16. The van der Waals surface area contributed by atoms with Crippen molar-refractivity contribution in [1.82, 2.24) is 19.9 Å². The van der Waals surface area contributed by atoms with E-state index >= 15 is 0 Å². The molecule has 0 saturated heterocycles. The van der Waals surface area contributed by atoms with E-state index in [-0.39, 0.29) is 19.0 Å². The molecular weight excluding hydrogens is 348 g/mol. The van der Waals surface area contributed by atoms with Crippen LogP contribution >= 0.6 is 0 Å². The van der Waals surface area contributed by atoms with Gasteiger partial charge in [0.15, 0.2) is 5.76 Å². The highest BCUT2D eigenvalue weighted by molar-refractivity contribution is 5.69. The van der Waals surface area contributed by atoms with Crippen molar-refractivity contribution in [2.75, 3.05) is 0 Å². The second-order valence-corrected chi connectivity index (χ2v) is 5.74. The largest absolute Gasteiger partial charge is 0.461 e. The van der Waals surface area contributed by atoms with Crippen molar-refractivity contribution in [1.29, 1.82) is 0 Å². The summed E-state index contributed by atoms with van der Waals surface area (Å²) in [6, 6.07) is 15.0. The number of para-hydroxylation sites is 1. The molecule has 4 rings (SSSR count). The van der Waals surface area contributed by atoms with Crippen molar-refractivity contribution in [3.63, 3.8) is 0 Å². The van der Waals surface area contributed by atoms with Crippen LogP contribution in [0.1, 0.15) is 18.0 Å². The summed E-state index contributed by atoms with van der Waals surface area (Å²) < 4.78 is 17.3. The standard InChI is InChI=1S/C19H16N4O4/c24-18(9-8-17-20-19(22-27-17)16-7-4-12-25-16)26-13-14-10-11-23(21-14)15-5-2-1-3-6-15/h1-7,10-12H,8-9,13H2. The fourth-order valence-corrected chi connectivity index (χ4v) is 2.46. The van der Waals surface area contributed by atoms with Gasteiger partial charge in [0.05, 0.1) is 18.4 Å². The maximum absolute atomic E-state index is 11.9. The third-order valence-electron chi connectivity index (χ3n) is 3.80. The Labute approximate surface area is 154 Å². The van der Waals surface area contributed by atoms with Crippen LogP contribution in [0.15, 0.2) is 69.9 Å². The van der Waals surface area contributed by atoms with Crippen LogP contribution in [0.25, 0.3) is 17.3 Å². The van der Waals surface area contributed by atoms with E-state index in [0.29, 0.717) is 29.6 Å². The van der Waals surface area contributed by atoms with Gasteiger partial charge < -0.3 is 13.7 Å². The molecule has 0 atom stereocenters. The van der Waals surface area contributed by atoms with Crippen LogP contribution in [-0.2, 0) is 22.6 Å². The normalized spacial score (nSPS) is 10.8. The van der Waals surface area contributed by atoms with Gasteiger partial charge in [0.25, 0.3) is 0 Å². The molecule has 0 N–H and O–H groups in total. The average molecular weight is 364 g/mol. The number of esters is 1. The third kappa shape index (κ3) is 4.12. The molecule has 0 amide bonds. The fraction of sp³-hybridized carbons (Fsp3) is 0.158. The summed E-state index contributed by atoms with van der Waals surface area (Å²) in [5.74, 6) is 0.866. The molecule has 3 heterocycles. The number of carbonyl (C=O) groups is 1. The van der Waals surface area contributed by atoms with Gasteiger partial charge in [-0.25, -0.2) is 4.68 Å². The maximum Gasteiger partial charge on any atom is 0.306 e. The Bertz CT molecular complexity index is 1010. The molecule has 8 nitrogen and oxygen atoms in total. The quantitative estimate of drug-likeness (QED) is 0.465. The zero-order valence-electron chi connectivity index (χ0n) is 14.3. The van der Waals surface area contributed by atoms with Gasteiger partial charge in [-0.3, -0.25) is 4.79 Å². The maximum atomic E-state index is 11.9. The van der Waals surface area contributed by atoms with E-state index in [4.69, 9.17) is 13.7 Å². The number of aromatic nitrogens is 4. The Morgan fingerprint density at radius 2 is 2.00 bits per heavy atom. The average Bonchev–Trinajstić information content (AvgIpc) is 3.47. The topological polar surface area (TPSA) is 96.2 Å². The lowest BCUT2D eigenvalue weighted by molar-refractivity contribution is -0.145. The minimum absolute atomic E-state index is 0.111. The van der Waals surface area contributed by atoms with Gasteiger partial charge in [-0.2, -0.15) is 10.1 Å². The fourth-order valence-electron chi connectivity index (χ4n) is 2.46. The summed E-state index contributed by atoms with van der Waals surface area (Å²) in [4.78, 5) is 16.1. The van der Waals surface area contributed by atoms with Crippen molar-refractivity contribution in [3.8, 4) is 17.3 Å². The number of hydrogen-bond acceptors (Lipinski definition) is 7. The van der Waals surface area contributed by atoms with Crippen LogP contribution in [0.4, 0.5) is 0 Å². The molecule has 0 aliphatic rings. The van der Waals surface area contributed by atoms with Gasteiger partial charge in [-0.1, -0.05) is 23.4 Å². The molecule has 0 spiro atoms. The van der Waals surface area contributed by atoms with Gasteiger partial charge in [0.1, 0.15) is 12.3 Å². The van der Waals surface area contributed by atoms with Crippen molar-refractivity contribution in [3.05, 3.63) is 72.6 Å². The third-order valence-corrected chi connectivity index (χ3v) is 3.80. The predicted octanol–water partition coefficient (Wildman–Crippen LogP) is 3.19. The number of aryl methyl sites for hydroxylation is 1. The Morgan fingerprint density at radius 3 is 2.81 bits per heavy atom. The second-order valence-electron chi connectivity index (χ2n) is 5.74. The minimum Gasteiger partial charge on any atom is -0.461 e. The van der Waals surface area contributed by atoms with Crippen LogP contribution in [0, 0.1) is 0 Å². The molecule has 27 heavy (non-hydrogen) atoms. The first-order valence-corrected chi connectivity index (χ1v) is 8.40. The monoisotopic (exact) mass is 364 g/mol. The molecule has 4 aromatic rings. The first-order valence-electron chi connectivity index (χ1n) is 8.40. The molecule has 0 aliphatic carbocycles. The van der Waals surface area contributed by atoms with Crippen molar-refractivity contribution < 1.29 is 18.5 Å². The van der Waals surface area contributed by atoms with Crippen molar-refractivity contribution in [2.24, 2.45) is 0 Å². The Hall–Kier alpha value is -3.68. The zero-order valence-corrected chi connectivity index (χ0v) is 14.3. The molecule has 0 bridgehead atoms. The van der Waals surface area contributed by atoms with E-state index in [0.717, 1.165) is 5.69 Å². The van der Waals surface area contributed by atoms with E-state index in [2.05, 4.69) is 15.2 Å². The van der Waals surface area contributed by atoms with Crippen LogP contribution in [0.2, 0.25) is 0 Å². The van der Waals surface area contributed by atoms with Crippen LogP contribution in [0.3, 0.4) is 0 Å². The molecular formula is C19H16N4O4. The smallest absolute Gasteiger partial charge is 0.306 e. The molecule has 8 heteroatoms. The summed E-state index contributed by atoms with van der Waals surface area (Å²) in [7, 11) is 0. The SMILES string of the molecule is O=C(CCc1nc(-c2ccco2)no1)OCc1ccn(-c2ccccc2)n1. The summed E-state index contributed by atoms with van der Waals surface area (Å²) >= 11 is 0. The molecule has 0 aliphatic heterocycles. The Morgan fingerprint density at radius 1 is 1.11 bits per heavy atom. The molecule has 136 valence electrons. The van der Waals surface area contributed by atoms with Gasteiger partial charge in [-0.15, -0.1) is 0 Å². The molecule has 0 saturated carbocycles. The van der Waals surface area contributed by atoms with E-state index in [9.17, 15) is 4.79 Å². The van der Waals surface area contributed by atoms with Gasteiger partial charge in [0.2, 0.25) is 11.7 Å². The van der Waals surface area contributed by atoms with E-state index in [1.165, 1.54) is 6.26 Å². The summed E-state index contributed by atoms with van der Waals surface area (Å²) in [5.41, 5.74) is 1.61. The number of benzene rings is 1. The number of furan rings is 1. The number of carbonyl (C=O) groups excluding carboxylic acids is 1. The number of nitrogens with zero attached hydrogens (tertiary/aromatic N) is 4. The first-order chi connectivity index (χ1) is 13.3. The van der Waals surface area contributed by atoms with Gasteiger partial charge in [-0.05, 0) is 30.3 Å². The molecule has 0 fully saturated rings. The van der Waals surface area contributed by atoms with Crippen LogP contribution in [-0.4, -0.2) is 25.9 Å². The highest BCUT2D eigenvalue weighted by atomic mass is 16.5. The van der Waals surface area contributed by atoms with Gasteiger partial charge >= 0.3 is 5.97 Å². The molecule has 3 aromatic heterocycles. The van der Waals surface area contributed by atoms with Crippen LogP contribution < -0.4 is 0 Å². The van der Waals surface area contributed by atoms with Crippen LogP contribution in [0.5, 0.6) is 0 Å². The molecule has 0 unspecified atom stereocenters. The summed E-state index contributed by atoms with van der Waals surface area (Å²) in [5, 5.41) is 8.21. The number of rotatable bonds is 7. The van der Waals surface area contributed by atoms with Gasteiger partial charge in [0, 0.05) is 12.6 Å². The highest BCUT2D eigenvalue weighted by Gasteiger charge is 2.13. The predicted molar refractivity (Wildman–Crippen MR) is 93.7 cm³/mol. The van der Waals surface area contributed by atoms with Crippen molar-refractivity contribution >= 4 is 5.97 Å². The van der Waals surface area contributed by atoms with E-state index < -0.39 is 0 Å². The van der Waals surface area contributed by atoms with E-state index in [1.54, 1.807) is 16.8 Å². The first kappa shape index (κ1) is 16.8. The lowest BCUT2D eigenvalue weighted by Gasteiger charge is -2.02. The lowest BCUT2D eigenvalue weighted by atomic mass is 10.3. The Kier molecular flexibility index (Phi) is 4.78. The lowest BCUT2D eigenvalue weighted by Crippen LogP contribution is -2.07. The summed E-state index contributed by atoms with van der Waals surface area (Å²) in [6.07, 6.45) is 3.79. The Balaban J connectivity index is 1.26. The zero-order chi connectivity index (χ0) is 18.5. The second kappa shape index (κ2) is 7.69. The number of hydrogen-bond donors (Lipinski definition) is 0. The van der Waals surface area contributed by atoms with E-state index in [1.807, 2.05) is 42.6 Å². The molecule has 0 radical (unpaired) electrons. The summed E-state index contributed by atoms with van der Waals surface area (Å²) in [6.45, 7) is 0.111. The molecule has 1 aromatic carbocycles.